The van der Waals surface area contributed by atoms with Crippen molar-refractivity contribution in [3.05, 3.63) is 89.5 Å². The van der Waals surface area contributed by atoms with Gasteiger partial charge in [0.1, 0.15) is 0 Å². The monoisotopic (exact) mass is 341 g/mol. The Bertz CT molecular complexity index is 1050. The minimum absolute atomic E-state index is 0.212. The first kappa shape index (κ1) is 15.2. The lowest BCUT2D eigenvalue weighted by Crippen LogP contribution is -2.29. The van der Waals surface area contributed by atoms with Gasteiger partial charge in [0, 0.05) is 11.6 Å². The van der Waals surface area contributed by atoms with E-state index < -0.39 is 5.97 Å². The number of carboxylic acids is 1. The number of fused-ring (bicyclic) bond motifs is 4. The Morgan fingerprint density at radius 2 is 1.85 bits per heavy atom. The Kier molecular flexibility index (Phi) is 3.35. The molecule has 0 bridgehead atoms. The molecule has 0 saturated heterocycles. The highest BCUT2D eigenvalue weighted by Gasteiger charge is 2.38. The summed E-state index contributed by atoms with van der Waals surface area (Å²) >= 11 is 0. The van der Waals surface area contributed by atoms with Crippen LogP contribution in [0.15, 0.2) is 72.8 Å². The van der Waals surface area contributed by atoms with Crippen molar-refractivity contribution >= 4 is 22.4 Å². The molecule has 1 heterocycles. The zero-order chi connectivity index (χ0) is 17.7. The average Bonchev–Trinajstić information content (AvgIpc) is 3.16. The Balaban J connectivity index is 1.65. The standard InChI is InChI=1S/C23H19NO2/c25-23(26)15-11-12-21-20(13-15)17-8-4-10-19(17)22(24-21)18-9-3-6-14-5-1-2-7-16(14)18/h1-9,11-13,17,19,22,24H,10H2,(H,25,26)/t17-,19-,22+/m0/s1. The molecule has 3 heteroatoms. The van der Waals surface area contributed by atoms with Gasteiger partial charge in [-0.2, -0.15) is 0 Å². The van der Waals surface area contributed by atoms with Gasteiger partial charge in [-0.1, -0.05) is 54.6 Å². The van der Waals surface area contributed by atoms with Gasteiger partial charge >= 0.3 is 5.97 Å². The van der Waals surface area contributed by atoms with E-state index >= 15 is 0 Å². The van der Waals surface area contributed by atoms with Crippen LogP contribution in [0.4, 0.5) is 5.69 Å². The molecule has 1 aliphatic carbocycles. The van der Waals surface area contributed by atoms with Crippen LogP contribution in [-0.2, 0) is 0 Å². The van der Waals surface area contributed by atoms with Gasteiger partial charge in [0.15, 0.2) is 0 Å². The normalized spacial score (nSPS) is 23.3. The summed E-state index contributed by atoms with van der Waals surface area (Å²) in [4.78, 5) is 11.4. The Morgan fingerprint density at radius 3 is 2.73 bits per heavy atom. The molecule has 128 valence electrons. The molecule has 2 N–H and O–H groups in total. The maximum atomic E-state index is 11.4. The predicted molar refractivity (Wildman–Crippen MR) is 104 cm³/mol. The number of rotatable bonds is 2. The fourth-order valence-electron chi connectivity index (χ4n) is 4.56. The number of nitrogens with one attached hydrogen (secondary N) is 1. The largest absolute Gasteiger partial charge is 0.478 e. The van der Waals surface area contributed by atoms with E-state index in [0.29, 0.717) is 11.5 Å². The lowest BCUT2D eigenvalue weighted by Gasteiger charge is -2.38. The molecule has 26 heavy (non-hydrogen) atoms. The minimum Gasteiger partial charge on any atom is -0.478 e. The van der Waals surface area contributed by atoms with Gasteiger partial charge in [-0.05, 0) is 52.4 Å². The van der Waals surface area contributed by atoms with Crippen molar-refractivity contribution in [2.24, 2.45) is 5.92 Å². The number of anilines is 1. The van der Waals surface area contributed by atoms with E-state index in [4.69, 9.17) is 0 Å². The first-order chi connectivity index (χ1) is 12.7. The molecule has 0 aromatic heterocycles. The molecule has 0 fully saturated rings. The van der Waals surface area contributed by atoms with E-state index in [9.17, 15) is 9.90 Å². The van der Waals surface area contributed by atoms with Crippen molar-refractivity contribution in [2.75, 3.05) is 5.32 Å². The second-order valence-electron chi connectivity index (χ2n) is 7.15. The van der Waals surface area contributed by atoms with Crippen LogP contribution in [-0.4, -0.2) is 11.1 Å². The van der Waals surface area contributed by atoms with Crippen LogP contribution in [0.5, 0.6) is 0 Å². The van der Waals surface area contributed by atoms with Crippen LogP contribution in [0.3, 0.4) is 0 Å². The summed E-state index contributed by atoms with van der Waals surface area (Å²) in [6.45, 7) is 0. The quantitative estimate of drug-likeness (QED) is 0.617. The van der Waals surface area contributed by atoms with Gasteiger partial charge in [0.05, 0.1) is 11.6 Å². The molecular weight excluding hydrogens is 322 g/mol. The number of carbonyl (C=O) groups is 1. The summed E-state index contributed by atoms with van der Waals surface area (Å²) in [7, 11) is 0. The van der Waals surface area contributed by atoms with Gasteiger partial charge in [-0.3, -0.25) is 0 Å². The Morgan fingerprint density at radius 1 is 1.00 bits per heavy atom. The Hall–Kier alpha value is -3.07. The van der Waals surface area contributed by atoms with Crippen molar-refractivity contribution in [3.8, 4) is 0 Å². The van der Waals surface area contributed by atoms with Crippen molar-refractivity contribution < 1.29 is 9.90 Å². The molecule has 3 aromatic carbocycles. The number of carboxylic acid groups (broad SMARTS) is 1. The Labute approximate surface area is 152 Å². The molecule has 0 unspecified atom stereocenters. The third kappa shape index (κ3) is 2.24. The lowest BCUT2D eigenvalue weighted by atomic mass is 9.76. The smallest absolute Gasteiger partial charge is 0.335 e. The van der Waals surface area contributed by atoms with Crippen LogP contribution in [0.25, 0.3) is 10.8 Å². The van der Waals surface area contributed by atoms with Crippen molar-refractivity contribution in [1.29, 1.82) is 0 Å². The number of hydrogen-bond acceptors (Lipinski definition) is 2. The summed E-state index contributed by atoms with van der Waals surface area (Å²) in [6, 6.07) is 20.6. The van der Waals surface area contributed by atoms with Crippen LogP contribution in [0, 0.1) is 5.92 Å². The first-order valence-electron chi connectivity index (χ1n) is 9.00. The van der Waals surface area contributed by atoms with Crippen molar-refractivity contribution in [3.63, 3.8) is 0 Å². The molecule has 3 nitrogen and oxygen atoms in total. The summed E-state index contributed by atoms with van der Waals surface area (Å²) in [5.41, 5.74) is 3.81. The maximum Gasteiger partial charge on any atom is 0.335 e. The fourth-order valence-corrected chi connectivity index (χ4v) is 4.56. The molecule has 2 aliphatic rings. The van der Waals surface area contributed by atoms with Gasteiger partial charge < -0.3 is 10.4 Å². The second kappa shape index (κ2) is 5.73. The number of hydrogen-bond donors (Lipinski definition) is 2. The number of aromatic carboxylic acids is 1. The van der Waals surface area contributed by atoms with E-state index in [1.807, 2.05) is 12.1 Å². The molecular formula is C23H19NO2. The zero-order valence-corrected chi connectivity index (χ0v) is 14.2. The summed E-state index contributed by atoms with van der Waals surface area (Å²) in [5, 5.41) is 15.6. The van der Waals surface area contributed by atoms with Crippen LogP contribution in [0.2, 0.25) is 0 Å². The molecule has 0 amide bonds. The average molecular weight is 341 g/mol. The van der Waals surface area contributed by atoms with E-state index in [1.165, 1.54) is 16.3 Å². The van der Waals surface area contributed by atoms with Gasteiger partial charge in [0.25, 0.3) is 0 Å². The van der Waals surface area contributed by atoms with Crippen molar-refractivity contribution in [1.82, 2.24) is 0 Å². The number of allylic oxidation sites excluding steroid dienone is 2. The molecule has 1 aliphatic heterocycles. The van der Waals surface area contributed by atoms with E-state index in [-0.39, 0.29) is 12.0 Å². The topological polar surface area (TPSA) is 49.3 Å². The van der Waals surface area contributed by atoms with Gasteiger partial charge in [-0.15, -0.1) is 0 Å². The summed E-state index contributed by atoms with van der Waals surface area (Å²) in [6.07, 6.45) is 5.48. The van der Waals surface area contributed by atoms with E-state index in [1.54, 1.807) is 6.07 Å². The van der Waals surface area contributed by atoms with Crippen LogP contribution < -0.4 is 5.32 Å². The van der Waals surface area contributed by atoms with Crippen LogP contribution in [0.1, 0.15) is 39.9 Å². The molecule has 3 aromatic rings. The van der Waals surface area contributed by atoms with E-state index in [0.717, 1.165) is 17.7 Å². The molecule has 3 atom stereocenters. The lowest BCUT2D eigenvalue weighted by molar-refractivity contribution is 0.0696. The first-order valence-corrected chi connectivity index (χ1v) is 9.00. The van der Waals surface area contributed by atoms with Gasteiger partial charge in [-0.25, -0.2) is 4.79 Å². The van der Waals surface area contributed by atoms with E-state index in [2.05, 4.69) is 59.9 Å². The highest BCUT2D eigenvalue weighted by atomic mass is 16.4. The number of benzene rings is 3. The highest BCUT2D eigenvalue weighted by molar-refractivity contribution is 5.89. The van der Waals surface area contributed by atoms with Gasteiger partial charge in [0.2, 0.25) is 0 Å². The summed E-state index contributed by atoms with van der Waals surface area (Å²) in [5.74, 6) is -0.214. The molecule has 0 saturated carbocycles. The summed E-state index contributed by atoms with van der Waals surface area (Å²) < 4.78 is 0. The molecule has 0 radical (unpaired) electrons. The fraction of sp³-hybridized carbons (Fsp3) is 0.174. The third-order valence-electron chi connectivity index (χ3n) is 5.77. The van der Waals surface area contributed by atoms with Crippen LogP contribution >= 0.6 is 0 Å². The SMILES string of the molecule is O=C(O)c1ccc2c(c1)[C@H]1C=CC[C@@H]1[C@@H](c1cccc3ccccc13)N2. The minimum atomic E-state index is -0.873. The highest BCUT2D eigenvalue weighted by Crippen LogP contribution is 2.50. The van der Waals surface area contributed by atoms with Crippen molar-refractivity contribution in [2.45, 2.75) is 18.4 Å². The molecule has 0 spiro atoms. The second-order valence-corrected chi connectivity index (χ2v) is 7.15. The predicted octanol–water partition coefficient (Wildman–Crippen LogP) is 5.36. The third-order valence-corrected chi connectivity index (χ3v) is 5.77. The maximum absolute atomic E-state index is 11.4. The molecule has 5 rings (SSSR count). The zero-order valence-electron chi connectivity index (χ0n) is 14.2.